The van der Waals surface area contributed by atoms with E-state index in [4.69, 9.17) is 5.11 Å². The molecule has 0 fully saturated rings. The van der Waals surface area contributed by atoms with Crippen LogP contribution in [-0.4, -0.2) is 16.2 Å². The molecule has 1 aromatic carbocycles. The first kappa shape index (κ1) is 9.58. The standard InChI is InChI=1S/C10H12O3/c1-5-4-8(10(12)13)9(11)7(3)6(5)2/h4,11H,1-3H3,(H,12,13). The number of rotatable bonds is 1. The number of benzene rings is 1. The molecule has 0 aliphatic rings. The molecule has 0 aromatic heterocycles. The number of aromatic hydroxyl groups is 1. The Morgan fingerprint density at radius 3 is 2.23 bits per heavy atom. The van der Waals surface area contributed by atoms with E-state index in [9.17, 15) is 9.90 Å². The fourth-order valence-electron chi connectivity index (χ4n) is 1.23. The van der Waals surface area contributed by atoms with Gasteiger partial charge in [-0.2, -0.15) is 0 Å². The number of aromatic carboxylic acids is 1. The summed E-state index contributed by atoms with van der Waals surface area (Å²) in [4.78, 5) is 10.7. The van der Waals surface area contributed by atoms with Gasteiger partial charge in [0.1, 0.15) is 11.3 Å². The van der Waals surface area contributed by atoms with E-state index < -0.39 is 5.97 Å². The minimum absolute atomic E-state index is 0.0272. The van der Waals surface area contributed by atoms with Crippen LogP contribution >= 0.6 is 0 Å². The molecule has 0 radical (unpaired) electrons. The summed E-state index contributed by atoms with van der Waals surface area (Å²) in [5, 5.41) is 18.2. The van der Waals surface area contributed by atoms with E-state index in [2.05, 4.69) is 0 Å². The number of hydrogen-bond acceptors (Lipinski definition) is 2. The third kappa shape index (κ3) is 1.49. The van der Waals surface area contributed by atoms with Gasteiger partial charge in [0.2, 0.25) is 0 Å². The molecule has 3 nitrogen and oxygen atoms in total. The Morgan fingerprint density at radius 2 is 1.77 bits per heavy atom. The predicted octanol–water partition coefficient (Wildman–Crippen LogP) is 2.02. The first-order valence-electron chi connectivity index (χ1n) is 3.98. The van der Waals surface area contributed by atoms with Crippen molar-refractivity contribution in [2.45, 2.75) is 20.8 Å². The quantitative estimate of drug-likeness (QED) is 0.695. The molecule has 1 aromatic rings. The molecule has 1 rings (SSSR count). The molecule has 0 unspecified atom stereocenters. The maximum Gasteiger partial charge on any atom is 0.339 e. The highest BCUT2D eigenvalue weighted by molar-refractivity contribution is 5.91. The summed E-state index contributed by atoms with van der Waals surface area (Å²) in [7, 11) is 0. The highest BCUT2D eigenvalue weighted by atomic mass is 16.4. The van der Waals surface area contributed by atoms with Crippen LogP contribution in [0.3, 0.4) is 0 Å². The molecular weight excluding hydrogens is 168 g/mol. The summed E-state index contributed by atoms with van der Waals surface area (Å²) in [6.45, 7) is 5.40. The van der Waals surface area contributed by atoms with Crippen molar-refractivity contribution >= 4 is 5.97 Å². The summed E-state index contributed by atoms with van der Waals surface area (Å²) in [6, 6.07) is 1.49. The monoisotopic (exact) mass is 180 g/mol. The first-order chi connectivity index (χ1) is 5.95. The summed E-state index contributed by atoms with van der Waals surface area (Å²) in [5.74, 6) is -1.22. The lowest BCUT2D eigenvalue weighted by molar-refractivity contribution is 0.0693. The zero-order valence-electron chi connectivity index (χ0n) is 7.88. The van der Waals surface area contributed by atoms with E-state index in [0.29, 0.717) is 5.56 Å². The van der Waals surface area contributed by atoms with E-state index in [1.807, 2.05) is 13.8 Å². The van der Waals surface area contributed by atoms with Gasteiger partial charge >= 0.3 is 5.97 Å². The number of carboxylic acid groups (broad SMARTS) is 1. The van der Waals surface area contributed by atoms with Crippen molar-refractivity contribution in [2.75, 3.05) is 0 Å². The van der Waals surface area contributed by atoms with Crippen molar-refractivity contribution in [3.8, 4) is 5.75 Å². The summed E-state index contributed by atoms with van der Waals surface area (Å²) < 4.78 is 0. The first-order valence-corrected chi connectivity index (χ1v) is 3.98. The number of aryl methyl sites for hydroxylation is 1. The summed E-state index contributed by atoms with van der Waals surface area (Å²) in [6.07, 6.45) is 0. The molecule has 0 atom stereocenters. The predicted molar refractivity (Wildman–Crippen MR) is 49.3 cm³/mol. The molecule has 3 heteroatoms. The maximum atomic E-state index is 10.7. The molecule has 0 bridgehead atoms. The Kier molecular flexibility index (Phi) is 2.28. The van der Waals surface area contributed by atoms with Crippen molar-refractivity contribution in [3.63, 3.8) is 0 Å². The van der Waals surface area contributed by atoms with Crippen LogP contribution in [0.4, 0.5) is 0 Å². The van der Waals surface area contributed by atoms with Gasteiger partial charge in [-0.1, -0.05) is 0 Å². The van der Waals surface area contributed by atoms with Gasteiger partial charge in [0.25, 0.3) is 0 Å². The average molecular weight is 180 g/mol. The zero-order valence-corrected chi connectivity index (χ0v) is 7.88. The Morgan fingerprint density at radius 1 is 1.23 bits per heavy atom. The lowest BCUT2D eigenvalue weighted by Gasteiger charge is -2.09. The Balaban J connectivity index is 3.50. The van der Waals surface area contributed by atoms with Crippen LogP contribution in [0, 0.1) is 20.8 Å². The zero-order chi connectivity index (χ0) is 10.2. The molecule has 0 heterocycles. The van der Waals surface area contributed by atoms with Crippen LogP contribution in [0.1, 0.15) is 27.0 Å². The largest absolute Gasteiger partial charge is 0.507 e. The van der Waals surface area contributed by atoms with E-state index in [-0.39, 0.29) is 11.3 Å². The second kappa shape index (κ2) is 3.09. The van der Waals surface area contributed by atoms with Crippen LogP contribution in [-0.2, 0) is 0 Å². The lowest BCUT2D eigenvalue weighted by Crippen LogP contribution is -2.00. The van der Waals surface area contributed by atoms with Gasteiger partial charge in [-0.05, 0) is 43.5 Å². The van der Waals surface area contributed by atoms with E-state index >= 15 is 0 Å². The maximum absolute atomic E-state index is 10.7. The molecule has 13 heavy (non-hydrogen) atoms. The minimum Gasteiger partial charge on any atom is -0.507 e. The minimum atomic E-state index is -1.09. The number of phenols is 1. The molecule has 0 saturated carbocycles. The Hall–Kier alpha value is -1.51. The van der Waals surface area contributed by atoms with Crippen LogP contribution in [0.2, 0.25) is 0 Å². The molecular formula is C10H12O3. The van der Waals surface area contributed by atoms with Crippen molar-refractivity contribution in [1.82, 2.24) is 0 Å². The van der Waals surface area contributed by atoms with Crippen LogP contribution in [0.5, 0.6) is 5.75 Å². The number of carboxylic acids is 1. The number of carbonyl (C=O) groups is 1. The molecule has 0 saturated heterocycles. The van der Waals surface area contributed by atoms with E-state index in [0.717, 1.165) is 11.1 Å². The van der Waals surface area contributed by atoms with E-state index in [1.54, 1.807) is 6.92 Å². The van der Waals surface area contributed by atoms with Gasteiger partial charge in [-0.3, -0.25) is 0 Å². The van der Waals surface area contributed by atoms with Crippen molar-refractivity contribution in [2.24, 2.45) is 0 Å². The highest BCUT2D eigenvalue weighted by Gasteiger charge is 2.14. The highest BCUT2D eigenvalue weighted by Crippen LogP contribution is 2.27. The molecule has 70 valence electrons. The van der Waals surface area contributed by atoms with Crippen LogP contribution in [0.25, 0.3) is 0 Å². The van der Waals surface area contributed by atoms with Crippen LogP contribution < -0.4 is 0 Å². The smallest absolute Gasteiger partial charge is 0.339 e. The molecule has 0 amide bonds. The molecule has 2 N–H and O–H groups in total. The SMILES string of the molecule is Cc1cc(C(=O)O)c(O)c(C)c1C. The van der Waals surface area contributed by atoms with Gasteiger partial charge in [0.05, 0.1) is 0 Å². The second-order valence-electron chi connectivity index (χ2n) is 3.14. The van der Waals surface area contributed by atoms with E-state index in [1.165, 1.54) is 6.07 Å². The van der Waals surface area contributed by atoms with Gasteiger partial charge in [0.15, 0.2) is 0 Å². The third-order valence-corrected chi connectivity index (χ3v) is 2.36. The lowest BCUT2D eigenvalue weighted by atomic mass is 9.99. The van der Waals surface area contributed by atoms with Crippen molar-refractivity contribution in [3.05, 3.63) is 28.3 Å². The fraction of sp³-hybridized carbons (Fsp3) is 0.300. The number of hydrogen-bond donors (Lipinski definition) is 2. The average Bonchev–Trinajstić information content (AvgIpc) is 2.07. The Bertz CT molecular complexity index is 367. The topological polar surface area (TPSA) is 57.5 Å². The Labute approximate surface area is 76.6 Å². The molecule has 0 aliphatic heterocycles. The van der Waals surface area contributed by atoms with Gasteiger partial charge in [-0.15, -0.1) is 0 Å². The summed E-state index contributed by atoms with van der Waals surface area (Å²) >= 11 is 0. The van der Waals surface area contributed by atoms with Crippen LogP contribution in [0.15, 0.2) is 6.07 Å². The van der Waals surface area contributed by atoms with Gasteiger partial charge in [0, 0.05) is 0 Å². The second-order valence-corrected chi connectivity index (χ2v) is 3.14. The third-order valence-electron chi connectivity index (χ3n) is 2.36. The normalized spacial score (nSPS) is 10.1. The fourth-order valence-corrected chi connectivity index (χ4v) is 1.23. The molecule has 0 spiro atoms. The van der Waals surface area contributed by atoms with Gasteiger partial charge in [-0.25, -0.2) is 4.79 Å². The molecule has 0 aliphatic carbocycles. The van der Waals surface area contributed by atoms with Crippen molar-refractivity contribution < 1.29 is 15.0 Å². The van der Waals surface area contributed by atoms with Crippen molar-refractivity contribution in [1.29, 1.82) is 0 Å². The summed E-state index contributed by atoms with van der Waals surface area (Å²) in [5.41, 5.74) is 2.42. The van der Waals surface area contributed by atoms with Gasteiger partial charge < -0.3 is 10.2 Å².